The molecule has 0 heterocycles. The first-order valence-corrected chi connectivity index (χ1v) is 33.6. The van der Waals surface area contributed by atoms with Crippen LogP contribution in [0.2, 0.25) is 0 Å². The molecule has 13 aromatic carbocycles. The Kier molecular flexibility index (Phi) is 11.6. The van der Waals surface area contributed by atoms with Crippen molar-refractivity contribution in [2.75, 3.05) is 0 Å². The van der Waals surface area contributed by atoms with Crippen molar-refractivity contribution in [3.05, 3.63) is 345 Å². The van der Waals surface area contributed by atoms with Crippen molar-refractivity contribution in [3.63, 3.8) is 0 Å². The minimum atomic E-state index is -0.889. The zero-order valence-corrected chi connectivity index (χ0v) is 54.9. The van der Waals surface area contributed by atoms with Gasteiger partial charge in [-0.25, -0.2) is 0 Å². The molecule has 0 aliphatic heterocycles. The molecular weight excluding hydrogens is 1120 g/mol. The Hall–Kier alpha value is -10.1. The Balaban J connectivity index is 1.03. The van der Waals surface area contributed by atoms with E-state index in [-0.39, 0.29) is 21.7 Å². The summed E-state index contributed by atoms with van der Waals surface area (Å²) >= 11 is 0. The molecule has 13 aromatic rings. The van der Waals surface area contributed by atoms with Crippen molar-refractivity contribution in [3.8, 4) is 111 Å². The van der Waals surface area contributed by atoms with Crippen LogP contribution >= 0.6 is 0 Å². The summed E-state index contributed by atoms with van der Waals surface area (Å²) in [5.41, 5.74) is 42.5. The Bertz CT molecular complexity index is 4900. The van der Waals surface area contributed by atoms with Crippen LogP contribution in [0, 0.1) is 13.8 Å². The summed E-state index contributed by atoms with van der Waals surface area (Å²) in [7, 11) is 0. The highest BCUT2D eigenvalue weighted by Gasteiger charge is 2.50. The molecule has 0 saturated heterocycles. The third kappa shape index (κ3) is 7.44. The zero-order chi connectivity index (χ0) is 63.2. The third-order valence-electron chi connectivity index (χ3n) is 23.2. The van der Waals surface area contributed by atoms with Crippen LogP contribution in [0.15, 0.2) is 267 Å². The van der Waals surface area contributed by atoms with E-state index >= 15 is 0 Å². The van der Waals surface area contributed by atoms with Gasteiger partial charge in [-0.3, -0.25) is 0 Å². The smallest absolute Gasteiger partial charge is 0.0620 e. The molecule has 0 aromatic heterocycles. The van der Waals surface area contributed by atoms with Gasteiger partial charge in [-0.05, 0) is 239 Å². The van der Waals surface area contributed by atoms with Crippen molar-refractivity contribution in [2.45, 2.75) is 96.3 Å². The molecule has 0 fully saturated rings. The Morgan fingerprint density at radius 1 is 0.183 bits per heavy atom. The molecule has 18 rings (SSSR count). The molecule has 0 unspecified atom stereocenters. The molecule has 5 aliphatic rings. The summed E-state index contributed by atoms with van der Waals surface area (Å²) in [5, 5.41) is 0. The van der Waals surface area contributed by atoms with Crippen LogP contribution in [0.1, 0.15) is 133 Å². The summed E-state index contributed by atoms with van der Waals surface area (Å²) in [6.45, 7) is 24.0. The van der Waals surface area contributed by atoms with E-state index in [0.717, 1.165) is 0 Å². The van der Waals surface area contributed by atoms with Crippen LogP contribution in [-0.4, -0.2) is 0 Å². The third-order valence-corrected chi connectivity index (χ3v) is 23.2. The fourth-order valence-corrected chi connectivity index (χ4v) is 18.8. The van der Waals surface area contributed by atoms with Gasteiger partial charge >= 0.3 is 0 Å². The fourth-order valence-electron chi connectivity index (χ4n) is 18.8. The van der Waals surface area contributed by atoms with E-state index in [1.54, 1.807) is 0 Å². The Morgan fingerprint density at radius 2 is 0.430 bits per heavy atom. The maximum absolute atomic E-state index is 2.64. The van der Waals surface area contributed by atoms with Crippen molar-refractivity contribution >= 4 is 0 Å². The number of aryl methyl sites for hydroxylation is 2. The monoisotopic (exact) mass is 1190 g/mol. The predicted octanol–water partition coefficient (Wildman–Crippen LogP) is 24.2. The van der Waals surface area contributed by atoms with Gasteiger partial charge in [0.15, 0.2) is 0 Å². The predicted molar refractivity (Wildman–Crippen MR) is 391 cm³/mol. The van der Waals surface area contributed by atoms with Gasteiger partial charge in [0.2, 0.25) is 0 Å². The van der Waals surface area contributed by atoms with Gasteiger partial charge in [-0.15, -0.1) is 0 Å². The van der Waals surface area contributed by atoms with Gasteiger partial charge in [0.1, 0.15) is 0 Å². The van der Waals surface area contributed by atoms with Crippen LogP contribution in [0.25, 0.3) is 111 Å². The van der Waals surface area contributed by atoms with E-state index in [4.69, 9.17) is 0 Å². The zero-order valence-electron chi connectivity index (χ0n) is 54.9. The van der Waals surface area contributed by atoms with E-state index < -0.39 is 5.41 Å². The Labute approximate surface area is 549 Å². The van der Waals surface area contributed by atoms with Crippen LogP contribution < -0.4 is 0 Å². The van der Waals surface area contributed by atoms with Gasteiger partial charge in [0, 0.05) is 21.7 Å². The lowest BCUT2D eigenvalue weighted by Gasteiger charge is -2.36. The second-order valence-corrected chi connectivity index (χ2v) is 29.5. The van der Waals surface area contributed by atoms with Gasteiger partial charge in [-0.1, -0.05) is 286 Å². The lowest BCUT2D eigenvalue weighted by atomic mass is 9.65. The van der Waals surface area contributed by atoms with Crippen LogP contribution in [0.4, 0.5) is 0 Å². The number of rotatable bonds is 7. The second-order valence-electron chi connectivity index (χ2n) is 29.5. The van der Waals surface area contributed by atoms with E-state index in [2.05, 4.69) is 336 Å². The minimum Gasteiger partial charge on any atom is -0.0620 e. The first-order valence-electron chi connectivity index (χ1n) is 33.6. The summed E-state index contributed by atoms with van der Waals surface area (Å²) in [4.78, 5) is 0. The van der Waals surface area contributed by atoms with Crippen molar-refractivity contribution in [1.82, 2.24) is 0 Å². The lowest BCUT2D eigenvalue weighted by molar-refractivity contribution is 0.660. The number of hydrogen-bond donors (Lipinski definition) is 0. The molecule has 5 aliphatic carbocycles. The molecule has 93 heavy (non-hydrogen) atoms. The van der Waals surface area contributed by atoms with E-state index in [0.29, 0.717) is 0 Å². The maximum Gasteiger partial charge on any atom is 0.0714 e. The van der Waals surface area contributed by atoms with Crippen LogP contribution in [0.5, 0.6) is 0 Å². The topological polar surface area (TPSA) is 0 Å². The average molecular weight is 1190 g/mol. The van der Waals surface area contributed by atoms with Gasteiger partial charge in [0.05, 0.1) is 5.41 Å². The highest BCUT2D eigenvalue weighted by molar-refractivity contribution is 6.03. The molecule has 0 saturated carbocycles. The summed E-state index contributed by atoms with van der Waals surface area (Å²) in [5.74, 6) is 0. The van der Waals surface area contributed by atoms with Gasteiger partial charge < -0.3 is 0 Å². The first kappa shape index (κ1) is 55.7. The second kappa shape index (κ2) is 19.5. The average Bonchev–Trinajstić information content (AvgIpc) is 1.56. The highest BCUT2D eigenvalue weighted by Crippen LogP contribution is 2.64. The molecule has 0 nitrogen and oxygen atoms in total. The molecular formula is C93H74. The summed E-state index contributed by atoms with van der Waals surface area (Å²) < 4.78 is 0. The molecule has 0 amide bonds. The van der Waals surface area contributed by atoms with E-state index in [1.807, 2.05) is 0 Å². The van der Waals surface area contributed by atoms with Crippen molar-refractivity contribution in [1.29, 1.82) is 0 Å². The molecule has 0 radical (unpaired) electrons. The first-order chi connectivity index (χ1) is 45.0. The molecule has 0 heteroatoms. The number of hydrogen-bond acceptors (Lipinski definition) is 0. The lowest BCUT2D eigenvalue weighted by Crippen LogP contribution is -2.29. The molecule has 0 spiro atoms. The van der Waals surface area contributed by atoms with E-state index in [9.17, 15) is 0 Å². The van der Waals surface area contributed by atoms with Gasteiger partial charge in [0.25, 0.3) is 0 Å². The Morgan fingerprint density at radius 3 is 0.774 bits per heavy atom. The summed E-state index contributed by atoms with van der Waals surface area (Å²) in [6.07, 6.45) is 0. The summed E-state index contributed by atoms with van der Waals surface area (Å²) in [6, 6.07) is 104. The SMILES string of the molecule is Cc1ccccc1-c1cccc2c1-c1c(C)cccc1C2(c1cc(-c2cccc3c2-c2ccccc2C3(C)C)cc(-c2cccc3c2-c2ccccc2C3(C)C)c1)c1cc(-c2cccc3c2-c2ccccc2C3(C)C)cc(-c2cccc3c2-c2ccccc2C3(C)C)c1. The number of fused-ring (bicyclic) bond motifs is 15. The maximum atomic E-state index is 2.64. The minimum absolute atomic E-state index is 0.191. The fraction of sp³-hybridized carbons (Fsp3) is 0.161. The molecule has 446 valence electrons. The van der Waals surface area contributed by atoms with Crippen molar-refractivity contribution in [2.24, 2.45) is 0 Å². The quantitative estimate of drug-likeness (QED) is 0.149. The van der Waals surface area contributed by atoms with Crippen LogP contribution in [-0.2, 0) is 27.1 Å². The van der Waals surface area contributed by atoms with Crippen molar-refractivity contribution < 1.29 is 0 Å². The standard InChI is InChI=1S/C93H74/c1-55-27-11-12-29-63(55)68-38-26-48-82-88(68)83-56(2)28-21-47-81(83)93(82,61-51-57(64-34-22-43-77-84(64)69-30-13-17-39-73(69)89(77,3)4)49-58(52-61)65-35-23-44-78-85(65)70-31-14-18-40-74(70)90(78,5)6)62-53-59(66-36-24-45-79-86(66)71-32-15-19-41-75(71)91(79,7)8)50-60(54-62)67-37-25-46-80-87(67)72-33-16-20-42-76(72)92(80,9)10/h11-54H,1-10H3. The largest absolute Gasteiger partial charge is 0.0714 e. The number of benzene rings is 13. The normalized spacial score (nSPS) is 15.8. The van der Waals surface area contributed by atoms with E-state index in [1.165, 1.54) is 189 Å². The molecule has 0 bridgehead atoms. The highest BCUT2D eigenvalue weighted by atomic mass is 14.5. The molecule has 0 atom stereocenters. The van der Waals surface area contributed by atoms with Crippen LogP contribution in [0.3, 0.4) is 0 Å². The van der Waals surface area contributed by atoms with Gasteiger partial charge in [-0.2, -0.15) is 0 Å². The molecule has 0 N–H and O–H groups in total.